The van der Waals surface area contributed by atoms with Crippen molar-refractivity contribution in [2.45, 2.75) is 26.4 Å². The molecular formula is C24H21O4S+. The number of carbonyl (C=O) groups excluding carboxylic acids is 1. The molecule has 0 aliphatic heterocycles. The Morgan fingerprint density at radius 3 is 1.83 bits per heavy atom. The van der Waals surface area contributed by atoms with Crippen LogP contribution in [0, 0.1) is 0 Å². The SMILES string of the molecule is CC(C)(C)OC(=O)Oc1ccc(-[s+]2c3ccccc3c(=O)c3ccccc32)cc1. The summed E-state index contributed by atoms with van der Waals surface area (Å²) in [5.74, 6) is 0.418. The molecule has 0 unspecified atom stereocenters. The van der Waals surface area contributed by atoms with E-state index in [1.165, 1.54) is 0 Å². The molecule has 4 nitrogen and oxygen atoms in total. The zero-order valence-corrected chi connectivity index (χ0v) is 17.3. The van der Waals surface area contributed by atoms with Crippen molar-refractivity contribution in [2.75, 3.05) is 0 Å². The Morgan fingerprint density at radius 2 is 1.31 bits per heavy atom. The lowest BCUT2D eigenvalue weighted by Crippen LogP contribution is -2.25. The molecule has 0 atom stereocenters. The molecule has 0 N–H and O–H groups in total. The number of ether oxygens (including phenoxy) is 2. The molecule has 0 aliphatic carbocycles. The van der Waals surface area contributed by atoms with Crippen molar-refractivity contribution < 1.29 is 14.3 Å². The molecule has 4 aromatic rings. The van der Waals surface area contributed by atoms with E-state index < -0.39 is 22.2 Å². The summed E-state index contributed by atoms with van der Waals surface area (Å²) in [6.45, 7) is 5.37. The highest BCUT2D eigenvalue weighted by Gasteiger charge is 2.23. The summed E-state index contributed by atoms with van der Waals surface area (Å²) >= 11 is 0. The van der Waals surface area contributed by atoms with Crippen molar-refractivity contribution in [1.82, 2.24) is 0 Å². The molecule has 1 aromatic heterocycles. The topological polar surface area (TPSA) is 52.6 Å². The number of benzene rings is 3. The first kappa shape index (κ1) is 19.2. The molecule has 0 bridgehead atoms. The van der Waals surface area contributed by atoms with Gasteiger partial charge in [-0.15, -0.1) is 0 Å². The van der Waals surface area contributed by atoms with Crippen molar-refractivity contribution in [3.63, 3.8) is 0 Å². The summed E-state index contributed by atoms with van der Waals surface area (Å²) in [5, 5.41) is 1.48. The van der Waals surface area contributed by atoms with E-state index in [2.05, 4.69) is 0 Å². The van der Waals surface area contributed by atoms with Gasteiger partial charge in [-0.3, -0.25) is 4.79 Å². The summed E-state index contributed by atoms with van der Waals surface area (Å²) in [6.07, 6.45) is -0.730. The highest BCUT2D eigenvalue weighted by molar-refractivity contribution is 7.49. The lowest BCUT2D eigenvalue weighted by atomic mass is 10.2. The molecule has 0 amide bonds. The molecule has 0 radical (unpaired) electrons. The van der Waals surface area contributed by atoms with Crippen molar-refractivity contribution in [1.29, 1.82) is 0 Å². The maximum Gasteiger partial charge on any atom is 0.514 e. The number of fused-ring (bicyclic) bond motifs is 2. The number of carbonyl (C=O) groups is 1. The minimum absolute atomic E-state index is 0.0600. The van der Waals surface area contributed by atoms with Gasteiger partial charge in [0.05, 0.1) is 10.8 Å². The summed E-state index contributed by atoms with van der Waals surface area (Å²) in [5.41, 5.74) is -0.551. The second-order valence-corrected chi connectivity index (χ2v) is 9.63. The first-order valence-corrected chi connectivity index (χ1v) is 10.5. The Bertz CT molecular complexity index is 1200. The molecule has 1 heterocycles. The van der Waals surface area contributed by atoms with Crippen LogP contribution in [0.4, 0.5) is 4.79 Å². The van der Waals surface area contributed by atoms with E-state index in [0.29, 0.717) is 5.75 Å². The van der Waals surface area contributed by atoms with E-state index >= 15 is 0 Å². The third kappa shape index (κ3) is 3.87. The van der Waals surface area contributed by atoms with Gasteiger partial charge < -0.3 is 9.47 Å². The molecule has 0 aliphatic rings. The molecule has 0 saturated carbocycles. The summed E-state index contributed by atoms with van der Waals surface area (Å²) < 4.78 is 12.5. The summed E-state index contributed by atoms with van der Waals surface area (Å²) in [7, 11) is -0.408. The Kier molecular flexibility index (Phi) is 4.84. The fourth-order valence-electron chi connectivity index (χ4n) is 3.19. The molecular weight excluding hydrogens is 384 g/mol. The number of hydrogen-bond donors (Lipinski definition) is 0. The second-order valence-electron chi connectivity index (χ2n) is 7.67. The largest absolute Gasteiger partial charge is 0.514 e. The maximum absolute atomic E-state index is 12.9. The first-order valence-electron chi connectivity index (χ1n) is 9.31. The van der Waals surface area contributed by atoms with E-state index in [-0.39, 0.29) is 5.43 Å². The van der Waals surface area contributed by atoms with Crippen LogP contribution in [0.25, 0.3) is 25.1 Å². The molecule has 5 heteroatoms. The molecule has 0 saturated heterocycles. The maximum atomic E-state index is 12.9. The van der Waals surface area contributed by atoms with E-state index in [9.17, 15) is 9.59 Å². The van der Waals surface area contributed by atoms with Gasteiger partial charge in [0.1, 0.15) is 11.4 Å². The van der Waals surface area contributed by atoms with E-state index in [1.807, 2.05) is 60.7 Å². The van der Waals surface area contributed by atoms with Gasteiger partial charge in [0, 0.05) is 22.6 Å². The third-order valence-electron chi connectivity index (χ3n) is 4.35. The van der Waals surface area contributed by atoms with Crippen LogP contribution in [-0.4, -0.2) is 11.8 Å². The number of rotatable bonds is 2. The highest BCUT2D eigenvalue weighted by Crippen LogP contribution is 2.43. The first-order chi connectivity index (χ1) is 13.8. The van der Waals surface area contributed by atoms with E-state index in [1.54, 1.807) is 32.9 Å². The molecule has 0 spiro atoms. The van der Waals surface area contributed by atoms with Gasteiger partial charge in [-0.2, -0.15) is 0 Å². The van der Waals surface area contributed by atoms with E-state index in [0.717, 1.165) is 25.1 Å². The van der Waals surface area contributed by atoms with Crippen LogP contribution in [0.5, 0.6) is 5.75 Å². The predicted octanol–water partition coefficient (Wildman–Crippen LogP) is 6.41. The van der Waals surface area contributed by atoms with E-state index in [4.69, 9.17) is 9.47 Å². The predicted molar refractivity (Wildman–Crippen MR) is 118 cm³/mol. The summed E-state index contributed by atoms with van der Waals surface area (Å²) in [6, 6.07) is 22.9. The Morgan fingerprint density at radius 1 is 0.793 bits per heavy atom. The average molecular weight is 405 g/mol. The van der Waals surface area contributed by atoms with Crippen molar-refractivity contribution >= 4 is 36.8 Å². The van der Waals surface area contributed by atoms with Gasteiger partial charge >= 0.3 is 6.16 Å². The second kappa shape index (κ2) is 7.33. The lowest BCUT2D eigenvalue weighted by Gasteiger charge is -2.18. The van der Waals surface area contributed by atoms with Crippen molar-refractivity contribution in [3.8, 4) is 10.6 Å². The monoisotopic (exact) mass is 405 g/mol. The molecule has 0 fully saturated rings. The minimum Gasteiger partial charge on any atom is -0.428 e. The van der Waals surface area contributed by atoms with Gasteiger partial charge in [-0.05, 0) is 57.2 Å². The van der Waals surface area contributed by atoms with Crippen LogP contribution < -0.4 is 10.2 Å². The van der Waals surface area contributed by atoms with Crippen LogP contribution in [0.2, 0.25) is 0 Å². The minimum atomic E-state index is -0.730. The smallest absolute Gasteiger partial charge is 0.428 e. The molecule has 4 rings (SSSR count). The molecule has 29 heavy (non-hydrogen) atoms. The molecule has 146 valence electrons. The van der Waals surface area contributed by atoms with Crippen LogP contribution in [0.1, 0.15) is 20.8 Å². The quantitative estimate of drug-likeness (QED) is 0.167. The average Bonchev–Trinajstić information content (AvgIpc) is 2.68. The fourth-order valence-corrected chi connectivity index (χ4v) is 5.54. The van der Waals surface area contributed by atoms with Crippen LogP contribution in [0.3, 0.4) is 0 Å². The lowest BCUT2D eigenvalue weighted by molar-refractivity contribution is 0.0206. The zero-order valence-electron chi connectivity index (χ0n) is 16.5. The zero-order chi connectivity index (χ0) is 20.6. The Labute approximate surface area is 171 Å². The normalized spacial score (nSPS) is 11.6. The highest BCUT2D eigenvalue weighted by atomic mass is 32.2. The van der Waals surface area contributed by atoms with Gasteiger partial charge in [0.15, 0.2) is 14.3 Å². The fraction of sp³-hybridized carbons (Fsp3) is 0.167. The van der Waals surface area contributed by atoms with Crippen LogP contribution in [-0.2, 0) is 4.74 Å². The summed E-state index contributed by atoms with van der Waals surface area (Å²) in [4.78, 5) is 25.9. The van der Waals surface area contributed by atoms with Gasteiger partial charge in [0.2, 0.25) is 5.43 Å². The molecule has 3 aromatic carbocycles. The van der Waals surface area contributed by atoms with Gasteiger partial charge in [0.25, 0.3) is 0 Å². The standard InChI is InChI=1S/C24H21O4S/c1-24(2,3)28-23(26)27-16-12-14-17(15-13-16)29-20-10-6-4-8-18(20)22(25)19-9-5-7-11-21(19)29/h4-15H,1-3H3/q+1. The van der Waals surface area contributed by atoms with Crippen LogP contribution in [0.15, 0.2) is 77.6 Å². The van der Waals surface area contributed by atoms with Crippen LogP contribution >= 0.6 is 10.5 Å². The van der Waals surface area contributed by atoms with Crippen molar-refractivity contribution in [3.05, 3.63) is 83.0 Å². The van der Waals surface area contributed by atoms with Gasteiger partial charge in [-0.1, -0.05) is 24.3 Å². The van der Waals surface area contributed by atoms with Crippen molar-refractivity contribution in [2.24, 2.45) is 0 Å². The Balaban J connectivity index is 1.80. The third-order valence-corrected chi connectivity index (χ3v) is 6.69. The Hall–Kier alpha value is -3.18. The number of hydrogen-bond acceptors (Lipinski definition) is 4. The van der Waals surface area contributed by atoms with Gasteiger partial charge in [-0.25, -0.2) is 4.79 Å².